The first-order chi connectivity index (χ1) is 8.40. The molecule has 0 saturated carbocycles. The molecule has 0 aromatic carbocycles. The van der Waals surface area contributed by atoms with Crippen molar-refractivity contribution < 1.29 is 22.0 Å². The summed E-state index contributed by atoms with van der Waals surface area (Å²) in [6, 6.07) is -0.755. The minimum atomic E-state index is -4.56. The molecule has 2 aliphatic rings. The van der Waals surface area contributed by atoms with Crippen molar-refractivity contribution in [3.8, 4) is 0 Å². The van der Waals surface area contributed by atoms with Gasteiger partial charge < -0.3 is 0 Å². The maximum Gasteiger partial charge on any atom is 0.413 e. The first-order valence-corrected chi connectivity index (χ1v) is 6.57. The summed E-state index contributed by atoms with van der Waals surface area (Å²) < 4.78 is 34.3. The highest BCUT2D eigenvalue weighted by Gasteiger charge is 2.43. The Hall–Kier alpha value is -1.14. The summed E-state index contributed by atoms with van der Waals surface area (Å²) >= 11 is 0. The lowest BCUT2D eigenvalue weighted by Gasteiger charge is -2.28. The van der Waals surface area contributed by atoms with Crippen LogP contribution in [0, 0.1) is 4.91 Å². The van der Waals surface area contributed by atoms with E-state index in [-0.39, 0.29) is 12.7 Å². The van der Waals surface area contributed by atoms with Crippen molar-refractivity contribution in [2.75, 3.05) is 13.2 Å². The molecule has 3 atom stereocenters. The van der Waals surface area contributed by atoms with Gasteiger partial charge in [0.1, 0.15) is 0 Å². The summed E-state index contributed by atoms with van der Waals surface area (Å²) in [6.45, 7) is 0.480. The van der Waals surface area contributed by atoms with E-state index < -0.39 is 22.3 Å². The number of nitrogens with zero attached hydrogens (tertiary/aromatic N) is 3. The van der Waals surface area contributed by atoms with Gasteiger partial charge >= 0.3 is 10.4 Å². The molecule has 11 heteroatoms. The average Bonchev–Trinajstić information content (AvgIpc) is 2.54. The fraction of sp³-hybridized carbons (Fsp3) is 0.857. The highest BCUT2D eigenvalue weighted by atomic mass is 32.3. The van der Waals surface area contributed by atoms with E-state index in [2.05, 4.69) is 9.57 Å². The van der Waals surface area contributed by atoms with E-state index in [1.54, 1.807) is 4.90 Å². The van der Waals surface area contributed by atoms with Crippen LogP contribution in [0.15, 0.2) is 5.29 Å². The van der Waals surface area contributed by atoms with Gasteiger partial charge in [0.2, 0.25) is 0 Å². The molecule has 1 amide bonds. The largest absolute Gasteiger partial charge is 0.413 e. The normalized spacial score (nSPS) is 32.2. The third-order valence-corrected chi connectivity index (χ3v) is 3.42. The van der Waals surface area contributed by atoms with Crippen molar-refractivity contribution in [3.05, 3.63) is 4.91 Å². The number of rotatable bonds is 4. The Kier molecular flexibility index (Phi) is 3.59. The number of piperidine rings is 1. The van der Waals surface area contributed by atoms with Crippen LogP contribution in [-0.2, 0) is 19.5 Å². The van der Waals surface area contributed by atoms with Gasteiger partial charge in [-0.2, -0.15) is 17.8 Å². The highest BCUT2D eigenvalue weighted by Crippen LogP contribution is 2.28. The molecule has 10 nitrogen and oxygen atoms in total. The van der Waals surface area contributed by atoms with E-state index in [1.807, 2.05) is 5.43 Å². The van der Waals surface area contributed by atoms with E-state index in [9.17, 15) is 18.1 Å². The van der Waals surface area contributed by atoms with Crippen molar-refractivity contribution in [2.24, 2.45) is 5.29 Å². The number of nitrogens with one attached hydrogen (secondary N) is 1. The zero-order valence-electron chi connectivity index (χ0n) is 9.22. The van der Waals surface area contributed by atoms with Crippen molar-refractivity contribution in [2.45, 2.75) is 24.9 Å². The van der Waals surface area contributed by atoms with Crippen LogP contribution in [0.3, 0.4) is 0 Å². The van der Waals surface area contributed by atoms with Crippen molar-refractivity contribution in [1.82, 2.24) is 15.4 Å². The maximum atomic E-state index is 11.5. The van der Waals surface area contributed by atoms with Crippen LogP contribution in [0.4, 0.5) is 0 Å². The van der Waals surface area contributed by atoms with Crippen LogP contribution in [0.25, 0.3) is 0 Å². The van der Waals surface area contributed by atoms with Gasteiger partial charge in [0, 0.05) is 6.54 Å². The highest BCUT2D eigenvalue weighted by molar-refractivity contribution is 7.80. The quantitative estimate of drug-likeness (QED) is 0.366. The summed E-state index contributed by atoms with van der Waals surface area (Å²) in [5, 5.41) is 3.42. The molecule has 2 aliphatic heterocycles. The number of amides is 1. The van der Waals surface area contributed by atoms with E-state index in [0.29, 0.717) is 19.4 Å². The Labute approximate surface area is 103 Å². The molecule has 2 fully saturated rings. The molecule has 0 aliphatic carbocycles. The number of nitroso groups, excluding NO2 is 1. The molecule has 2 heterocycles. The van der Waals surface area contributed by atoms with E-state index >= 15 is 0 Å². The van der Waals surface area contributed by atoms with Crippen LogP contribution in [0.5, 0.6) is 0 Å². The summed E-state index contributed by atoms with van der Waals surface area (Å²) in [7, 11) is -4.56. The van der Waals surface area contributed by atoms with E-state index in [1.165, 1.54) is 0 Å². The van der Waals surface area contributed by atoms with Gasteiger partial charge in [0.05, 0.1) is 24.0 Å². The van der Waals surface area contributed by atoms with Gasteiger partial charge in [-0.15, -0.1) is 4.91 Å². The van der Waals surface area contributed by atoms with E-state index in [0.717, 1.165) is 5.06 Å². The topological polar surface area (TPSA) is 129 Å². The SMILES string of the molecule is O=NNC(=O)C1CCC2CN1CN2OS(=O)(=O)O. The molecule has 2 saturated heterocycles. The summed E-state index contributed by atoms with van der Waals surface area (Å²) in [6.07, 6.45) is 0.973. The second-order valence-electron chi connectivity index (χ2n) is 4.15. The second kappa shape index (κ2) is 4.85. The lowest BCUT2D eigenvalue weighted by atomic mass is 10.0. The molecular weight excluding hydrogens is 268 g/mol. The average molecular weight is 280 g/mol. The lowest BCUT2D eigenvalue weighted by molar-refractivity contribution is -0.127. The fourth-order valence-corrected chi connectivity index (χ4v) is 2.74. The van der Waals surface area contributed by atoms with E-state index in [4.69, 9.17) is 4.55 Å². The second-order valence-corrected chi connectivity index (χ2v) is 5.15. The zero-order chi connectivity index (χ0) is 13.3. The van der Waals surface area contributed by atoms with Gasteiger partial charge in [-0.1, -0.05) is 0 Å². The van der Waals surface area contributed by atoms with Crippen molar-refractivity contribution in [1.29, 1.82) is 0 Å². The first-order valence-electron chi connectivity index (χ1n) is 5.20. The number of carbonyl (C=O) groups excluding carboxylic acids is 1. The number of hydrogen-bond acceptors (Lipinski definition) is 8. The van der Waals surface area contributed by atoms with Crippen LogP contribution < -0.4 is 5.43 Å². The van der Waals surface area contributed by atoms with Gasteiger partial charge in [-0.25, -0.2) is 5.43 Å². The van der Waals surface area contributed by atoms with Crippen LogP contribution >= 0.6 is 0 Å². The molecule has 0 aromatic rings. The Morgan fingerprint density at radius 3 is 2.78 bits per heavy atom. The molecule has 3 unspecified atom stereocenters. The lowest BCUT2D eigenvalue weighted by Crippen LogP contribution is -2.47. The standard InChI is InChI=1S/C7H12N4O6S/c12-7(8-9-13)6-2-1-5-3-10(6)4-11(5)17-18(14,15)16/h5-6H,1-4H2,(H,8,12,13)(H,14,15,16). The predicted octanol–water partition coefficient (Wildman–Crippen LogP) is -1.38. The predicted molar refractivity (Wildman–Crippen MR) is 56.8 cm³/mol. The van der Waals surface area contributed by atoms with Crippen LogP contribution in [0.2, 0.25) is 0 Å². The molecular formula is C7H12N4O6S. The maximum absolute atomic E-state index is 11.5. The van der Waals surface area contributed by atoms with Crippen molar-refractivity contribution in [3.63, 3.8) is 0 Å². The van der Waals surface area contributed by atoms with Crippen molar-refractivity contribution >= 4 is 16.3 Å². The third-order valence-electron chi connectivity index (χ3n) is 3.04. The molecule has 2 bridgehead atoms. The minimum Gasteiger partial charge on any atom is -0.275 e. The summed E-state index contributed by atoms with van der Waals surface area (Å²) in [5.41, 5.74) is 1.82. The first kappa shape index (κ1) is 13.3. The van der Waals surface area contributed by atoms with Gasteiger partial charge in [-0.3, -0.25) is 14.2 Å². The molecule has 18 heavy (non-hydrogen) atoms. The Morgan fingerprint density at radius 2 is 2.17 bits per heavy atom. The number of hydroxylamine groups is 2. The molecule has 0 spiro atoms. The molecule has 102 valence electrons. The molecule has 2 rings (SSSR count). The van der Waals surface area contributed by atoms with Gasteiger partial charge in [0.15, 0.2) is 0 Å². The summed E-state index contributed by atoms with van der Waals surface area (Å²) in [4.78, 5) is 23.1. The van der Waals surface area contributed by atoms with Gasteiger partial charge in [-0.05, 0) is 12.8 Å². The monoisotopic (exact) mass is 280 g/mol. The van der Waals surface area contributed by atoms with Crippen LogP contribution in [-0.4, -0.2) is 54.1 Å². The van der Waals surface area contributed by atoms with Crippen LogP contribution in [0.1, 0.15) is 12.8 Å². The number of fused-ring (bicyclic) bond motifs is 2. The minimum absolute atomic E-state index is 0.0569. The molecule has 0 radical (unpaired) electrons. The molecule has 0 aromatic heterocycles. The Balaban J connectivity index is 2.02. The smallest absolute Gasteiger partial charge is 0.275 e. The third kappa shape index (κ3) is 2.81. The van der Waals surface area contributed by atoms with Gasteiger partial charge in [0.25, 0.3) is 5.91 Å². The number of carbonyl (C=O) groups is 1. The molecule has 2 N–H and O–H groups in total. The summed E-state index contributed by atoms with van der Waals surface area (Å²) in [5.74, 6) is -0.530. The number of hydrogen-bond donors (Lipinski definition) is 2. The fourth-order valence-electron chi connectivity index (χ4n) is 2.33. The Morgan fingerprint density at radius 1 is 1.44 bits per heavy atom. The zero-order valence-corrected chi connectivity index (χ0v) is 10.0. The Bertz CT molecular complexity index is 453.